The quantitative estimate of drug-likeness (QED) is 0.364. The van der Waals surface area contributed by atoms with E-state index in [1.807, 2.05) is 0 Å². The lowest BCUT2D eigenvalue weighted by atomic mass is 10.2. The van der Waals surface area contributed by atoms with Crippen molar-refractivity contribution in [2.75, 3.05) is 39.8 Å². The van der Waals surface area contributed by atoms with Crippen molar-refractivity contribution in [3.63, 3.8) is 0 Å². The number of piperazine rings is 1. The molecule has 0 radical (unpaired) electrons. The minimum absolute atomic E-state index is 0. The predicted molar refractivity (Wildman–Crippen MR) is 98.9 cm³/mol. The minimum Gasteiger partial charge on any atom is -0.345 e. The van der Waals surface area contributed by atoms with Crippen molar-refractivity contribution in [2.45, 2.75) is 6.54 Å². The number of hydrogen-bond donors (Lipinski definition) is 1. The lowest BCUT2D eigenvalue weighted by molar-refractivity contribution is 0.173. The van der Waals surface area contributed by atoms with Crippen LogP contribution in [0.4, 0.5) is 0 Å². The zero-order valence-corrected chi connectivity index (χ0v) is 14.8. The molecule has 2 rings (SSSR count). The fraction of sp³-hybridized carbons (Fsp3) is 0.438. The smallest absolute Gasteiger partial charge is 0.194 e. The van der Waals surface area contributed by atoms with Crippen molar-refractivity contribution in [1.82, 2.24) is 15.1 Å². The molecule has 5 heteroatoms. The van der Waals surface area contributed by atoms with Gasteiger partial charge in [-0.05, 0) is 5.56 Å². The Labute approximate surface area is 144 Å². The number of rotatable bonds is 3. The van der Waals surface area contributed by atoms with Crippen LogP contribution in [0.3, 0.4) is 0 Å². The SMILES string of the molecule is C#CCNC(=NC)N1CCN(Cc2ccccc2)CC1.I. The van der Waals surface area contributed by atoms with E-state index >= 15 is 0 Å². The third-order valence-corrected chi connectivity index (χ3v) is 3.48. The van der Waals surface area contributed by atoms with Gasteiger partial charge in [0, 0.05) is 39.8 Å². The molecule has 114 valence electrons. The lowest BCUT2D eigenvalue weighted by Gasteiger charge is -2.36. The van der Waals surface area contributed by atoms with Crippen LogP contribution in [0.1, 0.15) is 5.56 Å². The minimum atomic E-state index is 0. The van der Waals surface area contributed by atoms with Gasteiger partial charge in [0.1, 0.15) is 0 Å². The van der Waals surface area contributed by atoms with Crippen LogP contribution in [-0.2, 0) is 6.54 Å². The van der Waals surface area contributed by atoms with Crippen LogP contribution in [0, 0.1) is 12.3 Å². The number of nitrogens with one attached hydrogen (secondary N) is 1. The van der Waals surface area contributed by atoms with Crippen LogP contribution in [-0.4, -0.2) is 55.5 Å². The molecule has 0 saturated carbocycles. The topological polar surface area (TPSA) is 30.9 Å². The maximum atomic E-state index is 5.27. The second-order valence-corrected chi connectivity index (χ2v) is 4.85. The first-order chi connectivity index (χ1) is 9.83. The summed E-state index contributed by atoms with van der Waals surface area (Å²) in [6.07, 6.45) is 5.27. The highest BCUT2D eigenvalue weighted by molar-refractivity contribution is 14.0. The standard InChI is InChI=1S/C16H22N4.HI/c1-3-9-18-16(17-2)20-12-10-19(11-13-20)14-15-7-5-4-6-8-15;/h1,4-8H,9-14H2,2H3,(H,17,18);1H. The first-order valence-electron chi connectivity index (χ1n) is 6.99. The fourth-order valence-corrected chi connectivity index (χ4v) is 2.42. The van der Waals surface area contributed by atoms with Crippen LogP contribution in [0.2, 0.25) is 0 Å². The summed E-state index contributed by atoms with van der Waals surface area (Å²) in [4.78, 5) is 9.01. The van der Waals surface area contributed by atoms with Crippen molar-refractivity contribution < 1.29 is 0 Å². The molecule has 1 aliphatic rings. The molecule has 0 aromatic heterocycles. The molecule has 1 aromatic carbocycles. The number of halogens is 1. The zero-order chi connectivity index (χ0) is 14.2. The van der Waals surface area contributed by atoms with Gasteiger partial charge in [-0.25, -0.2) is 0 Å². The van der Waals surface area contributed by atoms with Crippen molar-refractivity contribution >= 4 is 29.9 Å². The molecule has 0 aliphatic carbocycles. The molecule has 1 fully saturated rings. The highest BCUT2D eigenvalue weighted by atomic mass is 127. The number of guanidine groups is 1. The molecule has 1 aliphatic heterocycles. The third-order valence-electron chi connectivity index (χ3n) is 3.48. The molecule has 4 nitrogen and oxygen atoms in total. The molecular formula is C16H23IN4. The van der Waals surface area contributed by atoms with Gasteiger partial charge in [-0.15, -0.1) is 30.4 Å². The molecule has 0 spiro atoms. The fourth-order valence-electron chi connectivity index (χ4n) is 2.42. The van der Waals surface area contributed by atoms with E-state index in [0.717, 1.165) is 38.7 Å². The molecule has 21 heavy (non-hydrogen) atoms. The first-order valence-corrected chi connectivity index (χ1v) is 6.99. The van der Waals surface area contributed by atoms with Crippen LogP contribution in [0.15, 0.2) is 35.3 Å². The molecule has 0 atom stereocenters. The Morgan fingerprint density at radius 1 is 1.24 bits per heavy atom. The average Bonchev–Trinajstić information content (AvgIpc) is 2.50. The van der Waals surface area contributed by atoms with E-state index in [1.165, 1.54) is 5.56 Å². The van der Waals surface area contributed by atoms with Crippen LogP contribution < -0.4 is 5.32 Å². The van der Waals surface area contributed by atoms with E-state index in [0.29, 0.717) is 6.54 Å². The van der Waals surface area contributed by atoms with Gasteiger partial charge < -0.3 is 10.2 Å². The maximum absolute atomic E-state index is 5.27. The Hall–Kier alpha value is -1.26. The summed E-state index contributed by atoms with van der Waals surface area (Å²) in [5.41, 5.74) is 1.37. The maximum Gasteiger partial charge on any atom is 0.194 e. The number of nitrogens with zero attached hydrogens (tertiary/aromatic N) is 3. The van der Waals surface area contributed by atoms with Crippen LogP contribution >= 0.6 is 24.0 Å². The van der Waals surface area contributed by atoms with Gasteiger partial charge in [0.05, 0.1) is 6.54 Å². The second-order valence-electron chi connectivity index (χ2n) is 4.85. The van der Waals surface area contributed by atoms with E-state index in [-0.39, 0.29) is 24.0 Å². The number of hydrogen-bond acceptors (Lipinski definition) is 2. The summed E-state index contributed by atoms with van der Waals surface area (Å²) in [6.45, 7) is 5.60. The Morgan fingerprint density at radius 2 is 1.90 bits per heavy atom. The van der Waals surface area contributed by atoms with E-state index in [1.54, 1.807) is 7.05 Å². The van der Waals surface area contributed by atoms with Gasteiger partial charge in [-0.1, -0.05) is 36.3 Å². The molecule has 1 heterocycles. The summed E-state index contributed by atoms with van der Waals surface area (Å²) in [5, 5.41) is 3.17. The van der Waals surface area contributed by atoms with Gasteiger partial charge in [0.15, 0.2) is 5.96 Å². The highest BCUT2D eigenvalue weighted by Crippen LogP contribution is 2.08. The summed E-state index contributed by atoms with van der Waals surface area (Å²) < 4.78 is 0. The summed E-state index contributed by atoms with van der Waals surface area (Å²) in [6, 6.07) is 10.6. The van der Waals surface area contributed by atoms with Gasteiger partial charge in [0.25, 0.3) is 0 Å². The lowest BCUT2D eigenvalue weighted by Crippen LogP contribution is -2.52. The average molecular weight is 398 g/mol. The Balaban J connectivity index is 0.00000220. The van der Waals surface area contributed by atoms with Crippen molar-refractivity contribution in [1.29, 1.82) is 0 Å². The molecule has 1 aromatic rings. The third kappa shape index (κ3) is 5.56. The molecule has 0 amide bonds. The number of aliphatic imine (C=N–C) groups is 1. The number of benzene rings is 1. The van der Waals surface area contributed by atoms with Gasteiger partial charge in [0.2, 0.25) is 0 Å². The second kappa shape index (κ2) is 9.64. The van der Waals surface area contributed by atoms with E-state index in [9.17, 15) is 0 Å². The van der Waals surface area contributed by atoms with Gasteiger partial charge in [-0.2, -0.15) is 0 Å². The molecule has 1 saturated heterocycles. The molecule has 0 unspecified atom stereocenters. The van der Waals surface area contributed by atoms with Crippen molar-refractivity contribution in [2.24, 2.45) is 4.99 Å². The largest absolute Gasteiger partial charge is 0.345 e. The van der Waals surface area contributed by atoms with Crippen molar-refractivity contribution in [3.05, 3.63) is 35.9 Å². The monoisotopic (exact) mass is 398 g/mol. The Morgan fingerprint density at radius 3 is 2.48 bits per heavy atom. The summed E-state index contributed by atoms with van der Waals surface area (Å²) >= 11 is 0. The van der Waals surface area contributed by atoms with Crippen molar-refractivity contribution in [3.8, 4) is 12.3 Å². The first kappa shape index (κ1) is 17.8. The van der Waals surface area contributed by atoms with Crippen LogP contribution in [0.25, 0.3) is 0 Å². The van der Waals surface area contributed by atoms with Crippen LogP contribution in [0.5, 0.6) is 0 Å². The molecule has 1 N–H and O–H groups in total. The zero-order valence-electron chi connectivity index (χ0n) is 12.5. The van der Waals surface area contributed by atoms with E-state index in [2.05, 4.69) is 56.4 Å². The summed E-state index contributed by atoms with van der Waals surface area (Å²) in [5.74, 6) is 3.49. The Kier molecular flexibility index (Phi) is 8.16. The van der Waals surface area contributed by atoms with E-state index < -0.39 is 0 Å². The van der Waals surface area contributed by atoms with E-state index in [4.69, 9.17) is 6.42 Å². The highest BCUT2D eigenvalue weighted by Gasteiger charge is 2.19. The Bertz CT molecular complexity index is 473. The molecule has 0 bridgehead atoms. The summed E-state index contributed by atoms with van der Waals surface area (Å²) in [7, 11) is 1.80. The van der Waals surface area contributed by atoms with Gasteiger partial charge in [-0.3, -0.25) is 9.89 Å². The molecular weight excluding hydrogens is 375 g/mol. The van der Waals surface area contributed by atoms with Gasteiger partial charge >= 0.3 is 0 Å². The number of terminal acetylenes is 1. The predicted octanol–water partition coefficient (Wildman–Crippen LogP) is 1.63. The normalized spacial score (nSPS) is 16.0.